The topological polar surface area (TPSA) is 91.1 Å². The van der Waals surface area contributed by atoms with Gasteiger partial charge in [0.25, 0.3) is 0 Å². The predicted octanol–water partition coefficient (Wildman–Crippen LogP) is 4.85. The number of aromatic nitrogens is 4. The monoisotopic (exact) mass is 528 g/mol. The summed E-state index contributed by atoms with van der Waals surface area (Å²) in [4.78, 5) is 14.8. The Labute approximate surface area is 225 Å². The number of halogens is 1. The van der Waals surface area contributed by atoms with E-state index in [-0.39, 0.29) is 11.4 Å². The molecule has 0 bridgehead atoms. The van der Waals surface area contributed by atoms with Crippen LogP contribution in [-0.2, 0) is 7.05 Å². The number of H-pyrrole nitrogens is 1. The van der Waals surface area contributed by atoms with E-state index in [0.717, 1.165) is 58.5 Å². The summed E-state index contributed by atoms with van der Waals surface area (Å²) in [6.07, 6.45) is 5.25. The summed E-state index contributed by atoms with van der Waals surface area (Å²) in [6.45, 7) is 6.90. The van der Waals surface area contributed by atoms with Gasteiger partial charge in [-0.3, -0.25) is 9.67 Å². The van der Waals surface area contributed by atoms with Gasteiger partial charge in [0.05, 0.1) is 22.4 Å². The zero-order valence-electron chi connectivity index (χ0n) is 21.5. The predicted molar refractivity (Wildman–Crippen MR) is 153 cm³/mol. The number of imidazole rings is 1. The van der Waals surface area contributed by atoms with Crippen molar-refractivity contribution < 1.29 is 5.11 Å². The van der Waals surface area contributed by atoms with E-state index in [2.05, 4.69) is 33.4 Å². The number of piperazine rings is 1. The first kappa shape index (κ1) is 24.3. The van der Waals surface area contributed by atoms with Crippen molar-refractivity contribution in [3.05, 3.63) is 82.1 Å². The molecule has 3 N–H and O–H groups in total. The number of hydrogen-bond acceptors (Lipinski definition) is 5. The average Bonchev–Trinajstić information content (AvgIpc) is 3.51. The van der Waals surface area contributed by atoms with Crippen molar-refractivity contribution in [3.63, 3.8) is 0 Å². The Kier molecular flexibility index (Phi) is 6.01. The third kappa shape index (κ3) is 4.15. The molecule has 5 aromatic rings. The molecule has 1 fully saturated rings. The molecule has 1 aliphatic heterocycles. The smallest absolute Gasteiger partial charge is 0.332 e. The lowest BCUT2D eigenvalue weighted by molar-refractivity contribution is 0.479. The highest BCUT2D eigenvalue weighted by molar-refractivity contribution is 6.32. The van der Waals surface area contributed by atoms with Crippen LogP contribution < -0.4 is 15.9 Å². The zero-order valence-corrected chi connectivity index (χ0v) is 22.3. The molecular formula is C29H29ClN6O2. The molecule has 0 amide bonds. The van der Waals surface area contributed by atoms with Gasteiger partial charge >= 0.3 is 5.69 Å². The number of rotatable bonds is 4. The molecule has 2 aromatic heterocycles. The van der Waals surface area contributed by atoms with E-state index in [9.17, 15) is 9.90 Å². The lowest BCUT2D eigenvalue weighted by atomic mass is 9.93. The maximum absolute atomic E-state index is 12.4. The van der Waals surface area contributed by atoms with Gasteiger partial charge in [0.15, 0.2) is 0 Å². The maximum atomic E-state index is 12.4. The first-order valence-corrected chi connectivity index (χ1v) is 13.0. The van der Waals surface area contributed by atoms with Crippen molar-refractivity contribution in [2.45, 2.75) is 19.9 Å². The summed E-state index contributed by atoms with van der Waals surface area (Å²) in [7, 11) is 1.70. The van der Waals surface area contributed by atoms with Crippen LogP contribution in [0.4, 0.5) is 5.69 Å². The fourth-order valence-electron chi connectivity index (χ4n) is 5.34. The van der Waals surface area contributed by atoms with Crippen molar-refractivity contribution in [2.75, 3.05) is 24.5 Å². The minimum atomic E-state index is -0.177. The molecule has 1 aliphatic rings. The van der Waals surface area contributed by atoms with Gasteiger partial charge in [-0.2, -0.15) is 5.10 Å². The van der Waals surface area contributed by atoms with Crippen LogP contribution in [0, 0.1) is 6.92 Å². The highest BCUT2D eigenvalue weighted by Crippen LogP contribution is 2.42. The molecule has 0 aliphatic carbocycles. The number of fused-ring (bicyclic) bond motifs is 1. The SMILES string of the molecule is Cc1cc(-c2ccc(-n3ccn(C)c3=O)c(Cl)c2)c(O)c(-c2cc(N3CCN[C@H](C)C3)c3cn[nH]c3c2)c1. The summed E-state index contributed by atoms with van der Waals surface area (Å²) in [5.74, 6) is 0.176. The number of aryl methyl sites for hydroxylation is 2. The van der Waals surface area contributed by atoms with Crippen LogP contribution in [-0.4, -0.2) is 50.1 Å². The van der Waals surface area contributed by atoms with E-state index in [0.29, 0.717) is 22.3 Å². The lowest BCUT2D eigenvalue weighted by Crippen LogP contribution is -2.49. The van der Waals surface area contributed by atoms with Gasteiger partial charge in [0, 0.05) is 67.3 Å². The molecule has 8 nitrogen and oxygen atoms in total. The van der Waals surface area contributed by atoms with E-state index >= 15 is 0 Å². The van der Waals surface area contributed by atoms with E-state index < -0.39 is 0 Å². The van der Waals surface area contributed by atoms with Crippen molar-refractivity contribution >= 4 is 28.2 Å². The normalized spacial score (nSPS) is 15.9. The lowest BCUT2D eigenvalue weighted by Gasteiger charge is -2.34. The Hall–Kier alpha value is -4.01. The van der Waals surface area contributed by atoms with Gasteiger partial charge in [-0.05, 0) is 66.9 Å². The molecule has 0 spiro atoms. The summed E-state index contributed by atoms with van der Waals surface area (Å²) in [5, 5.41) is 24.0. The number of nitrogens with zero attached hydrogens (tertiary/aromatic N) is 4. The van der Waals surface area contributed by atoms with Crippen LogP contribution in [0.25, 0.3) is 38.8 Å². The van der Waals surface area contributed by atoms with Crippen molar-refractivity contribution in [3.8, 4) is 33.7 Å². The number of aromatic amines is 1. The molecule has 0 unspecified atom stereocenters. The van der Waals surface area contributed by atoms with Crippen LogP contribution in [0.1, 0.15) is 12.5 Å². The van der Waals surface area contributed by atoms with Gasteiger partial charge in [-0.1, -0.05) is 17.7 Å². The van der Waals surface area contributed by atoms with Crippen LogP contribution in [0.15, 0.2) is 65.8 Å². The third-order valence-corrected chi connectivity index (χ3v) is 7.58. The molecule has 3 heterocycles. The Morgan fingerprint density at radius 1 is 1.05 bits per heavy atom. The molecule has 9 heteroatoms. The third-order valence-electron chi connectivity index (χ3n) is 7.28. The second kappa shape index (κ2) is 9.38. The van der Waals surface area contributed by atoms with Crippen molar-refractivity contribution in [1.82, 2.24) is 24.6 Å². The van der Waals surface area contributed by atoms with Crippen molar-refractivity contribution in [2.24, 2.45) is 7.05 Å². The van der Waals surface area contributed by atoms with Crippen LogP contribution in [0.2, 0.25) is 5.02 Å². The van der Waals surface area contributed by atoms with Gasteiger partial charge in [-0.15, -0.1) is 0 Å². The van der Waals surface area contributed by atoms with E-state index in [1.165, 1.54) is 9.13 Å². The number of aromatic hydroxyl groups is 1. The number of phenols is 1. The highest BCUT2D eigenvalue weighted by atomic mass is 35.5. The average molecular weight is 529 g/mol. The molecule has 194 valence electrons. The molecular weight excluding hydrogens is 500 g/mol. The summed E-state index contributed by atoms with van der Waals surface area (Å²) >= 11 is 6.64. The zero-order chi connectivity index (χ0) is 26.6. The van der Waals surface area contributed by atoms with Crippen LogP contribution in [0.5, 0.6) is 5.75 Å². The maximum Gasteiger partial charge on any atom is 0.332 e. The molecule has 6 rings (SSSR count). The Morgan fingerprint density at radius 3 is 2.55 bits per heavy atom. The minimum Gasteiger partial charge on any atom is -0.507 e. The molecule has 0 radical (unpaired) electrons. The standard InChI is InChI=1S/C29H29ClN6O2/c1-17-10-21(19-4-5-26(24(30)12-19)36-9-8-34(3)29(36)38)28(37)22(11-17)20-13-25-23(15-32-33-25)27(14-20)35-7-6-31-18(2)16-35/h4-5,8-15,18,31,37H,6-7,16H2,1-3H3,(H,32,33)/t18-/m1/s1. The van der Waals surface area contributed by atoms with E-state index in [1.54, 1.807) is 31.6 Å². The Balaban J connectivity index is 1.46. The van der Waals surface area contributed by atoms with Gasteiger partial charge in [-0.25, -0.2) is 4.79 Å². The van der Waals surface area contributed by atoms with Gasteiger partial charge in [0.2, 0.25) is 0 Å². The second-order valence-corrected chi connectivity index (χ2v) is 10.5. The largest absolute Gasteiger partial charge is 0.507 e. The quantitative estimate of drug-likeness (QED) is 0.310. The number of hydrogen-bond donors (Lipinski definition) is 3. The summed E-state index contributed by atoms with van der Waals surface area (Å²) in [6, 6.07) is 14.0. The number of nitrogens with one attached hydrogen (secondary N) is 2. The highest BCUT2D eigenvalue weighted by Gasteiger charge is 2.21. The molecule has 3 aromatic carbocycles. The van der Waals surface area contributed by atoms with Crippen molar-refractivity contribution in [1.29, 1.82) is 0 Å². The number of phenolic OH excluding ortho intramolecular Hbond substituents is 1. The van der Waals surface area contributed by atoms with Crippen LogP contribution in [0.3, 0.4) is 0 Å². The molecule has 38 heavy (non-hydrogen) atoms. The summed E-state index contributed by atoms with van der Waals surface area (Å²) in [5.41, 5.74) is 6.53. The van der Waals surface area contributed by atoms with Gasteiger partial charge < -0.3 is 19.9 Å². The minimum absolute atomic E-state index is 0.176. The van der Waals surface area contributed by atoms with Crippen LogP contribution >= 0.6 is 11.6 Å². The molecule has 0 saturated carbocycles. The fourth-order valence-corrected chi connectivity index (χ4v) is 5.61. The number of benzene rings is 3. The Bertz CT molecular complexity index is 1730. The van der Waals surface area contributed by atoms with E-state index in [4.69, 9.17) is 11.6 Å². The van der Waals surface area contributed by atoms with Gasteiger partial charge in [0.1, 0.15) is 5.75 Å². The number of anilines is 1. The molecule has 1 atom stereocenters. The summed E-state index contributed by atoms with van der Waals surface area (Å²) < 4.78 is 3.00. The van der Waals surface area contributed by atoms with E-state index in [1.807, 2.05) is 37.4 Å². The molecule has 1 saturated heterocycles. The second-order valence-electron chi connectivity index (χ2n) is 10.1. The first-order valence-electron chi connectivity index (χ1n) is 12.6. The Morgan fingerprint density at radius 2 is 1.84 bits per heavy atom. The first-order chi connectivity index (χ1) is 18.3. The fraction of sp³-hybridized carbons (Fsp3) is 0.241.